The van der Waals surface area contributed by atoms with Crippen molar-refractivity contribution in [3.05, 3.63) is 41.0 Å². The maximum Gasteiger partial charge on any atom is 0.141 e. The summed E-state index contributed by atoms with van der Waals surface area (Å²) >= 11 is 1.40. The summed E-state index contributed by atoms with van der Waals surface area (Å²) < 4.78 is 14.1. The van der Waals surface area contributed by atoms with Crippen LogP contribution in [0, 0.1) is 5.82 Å². The van der Waals surface area contributed by atoms with Gasteiger partial charge in [-0.25, -0.2) is 4.39 Å². The van der Waals surface area contributed by atoms with Crippen molar-refractivity contribution < 1.29 is 4.39 Å². The van der Waals surface area contributed by atoms with Crippen molar-refractivity contribution >= 4 is 33.8 Å². The summed E-state index contributed by atoms with van der Waals surface area (Å²) in [5.41, 5.74) is 1.75. The van der Waals surface area contributed by atoms with E-state index in [1.165, 1.54) is 17.4 Å². The minimum atomic E-state index is -0.178. The monoisotopic (exact) mass is 219 g/mol. The number of benzene rings is 1. The fourth-order valence-corrected chi connectivity index (χ4v) is 2.52. The van der Waals surface area contributed by atoms with E-state index in [4.69, 9.17) is 0 Å². The summed E-state index contributed by atoms with van der Waals surface area (Å²) in [7, 11) is 0. The van der Waals surface area contributed by atoms with Gasteiger partial charge in [0.2, 0.25) is 0 Å². The quantitative estimate of drug-likeness (QED) is 0.674. The number of hydrogen-bond donors (Lipinski definition) is 0. The van der Waals surface area contributed by atoms with Gasteiger partial charge in [0, 0.05) is 16.3 Å². The van der Waals surface area contributed by atoms with Crippen LogP contribution in [0.1, 0.15) is 12.5 Å². The van der Waals surface area contributed by atoms with Crippen molar-refractivity contribution in [1.82, 2.24) is 0 Å². The molecular weight excluding hydrogens is 209 g/mol. The molecule has 0 N–H and O–H groups in total. The van der Waals surface area contributed by atoms with Crippen LogP contribution in [0.4, 0.5) is 4.39 Å². The van der Waals surface area contributed by atoms with Crippen molar-refractivity contribution in [3.63, 3.8) is 0 Å². The molecule has 0 fully saturated rings. The first-order chi connectivity index (χ1) is 7.27. The topological polar surface area (TPSA) is 12.4 Å². The van der Waals surface area contributed by atoms with E-state index in [2.05, 4.69) is 11.7 Å². The van der Waals surface area contributed by atoms with Crippen molar-refractivity contribution in [2.45, 2.75) is 6.92 Å². The molecule has 76 valence electrons. The summed E-state index contributed by atoms with van der Waals surface area (Å²) in [5, 5.41) is 2.82. The van der Waals surface area contributed by atoms with Gasteiger partial charge in [0.15, 0.2) is 0 Å². The highest BCUT2D eigenvalue weighted by atomic mass is 32.1. The Morgan fingerprint density at radius 1 is 1.53 bits per heavy atom. The third-order valence-corrected chi connectivity index (χ3v) is 3.28. The minimum Gasteiger partial charge on any atom is -0.264 e. The second-order valence-corrected chi connectivity index (χ2v) is 3.98. The lowest BCUT2D eigenvalue weighted by Gasteiger charge is -1.98. The van der Waals surface area contributed by atoms with Crippen LogP contribution in [0.2, 0.25) is 0 Å². The van der Waals surface area contributed by atoms with E-state index in [-0.39, 0.29) is 5.82 Å². The molecule has 0 unspecified atom stereocenters. The number of hydrogen-bond acceptors (Lipinski definition) is 2. The zero-order chi connectivity index (χ0) is 10.8. The standard InChI is InChI=1S/C12H10FNS/c1-3-11(14-2)9-7-15-12-8(9)5-4-6-10(12)13/h3-7H,2H2,1H3/b11-3-. The van der Waals surface area contributed by atoms with Gasteiger partial charge in [-0.15, -0.1) is 11.3 Å². The average Bonchev–Trinajstić information content (AvgIpc) is 2.66. The number of rotatable bonds is 2. The van der Waals surface area contributed by atoms with Gasteiger partial charge in [-0.3, -0.25) is 4.99 Å². The van der Waals surface area contributed by atoms with Crippen molar-refractivity contribution in [2.24, 2.45) is 4.99 Å². The van der Waals surface area contributed by atoms with Crippen molar-refractivity contribution in [2.75, 3.05) is 0 Å². The van der Waals surface area contributed by atoms with Crippen LogP contribution in [0.3, 0.4) is 0 Å². The Balaban J connectivity index is 2.74. The van der Waals surface area contributed by atoms with Crippen LogP contribution < -0.4 is 0 Å². The third kappa shape index (κ3) is 1.59. The van der Waals surface area contributed by atoms with Gasteiger partial charge in [0.05, 0.1) is 10.4 Å². The molecule has 0 spiro atoms. The highest BCUT2D eigenvalue weighted by Crippen LogP contribution is 2.32. The highest BCUT2D eigenvalue weighted by Gasteiger charge is 2.09. The molecule has 0 amide bonds. The molecule has 0 saturated heterocycles. The molecule has 1 nitrogen and oxygen atoms in total. The van der Waals surface area contributed by atoms with Gasteiger partial charge in [-0.05, 0) is 19.7 Å². The maximum atomic E-state index is 13.4. The third-order valence-electron chi connectivity index (χ3n) is 2.27. The van der Waals surface area contributed by atoms with Gasteiger partial charge in [-0.2, -0.15) is 0 Å². The lowest BCUT2D eigenvalue weighted by Crippen LogP contribution is -1.78. The molecule has 1 aromatic carbocycles. The predicted octanol–water partition coefficient (Wildman–Crippen LogP) is 4.10. The molecule has 0 bridgehead atoms. The fraction of sp³-hybridized carbons (Fsp3) is 0.0833. The zero-order valence-electron chi connectivity index (χ0n) is 8.33. The summed E-state index contributed by atoms with van der Waals surface area (Å²) in [6.45, 7) is 5.41. The Bertz CT molecular complexity index is 540. The number of nitrogens with zero attached hydrogens (tertiary/aromatic N) is 1. The second-order valence-electron chi connectivity index (χ2n) is 3.10. The van der Waals surface area contributed by atoms with E-state index in [1.54, 1.807) is 6.07 Å². The normalized spacial score (nSPS) is 12.0. The van der Waals surface area contributed by atoms with E-state index in [0.717, 1.165) is 16.6 Å². The Labute approximate surface area is 91.6 Å². The summed E-state index contributed by atoms with van der Waals surface area (Å²) in [5.74, 6) is -0.178. The van der Waals surface area contributed by atoms with Crippen LogP contribution in [-0.4, -0.2) is 6.72 Å². The number of halogens is 1. The molecule has 3 heteroatoms. The lowest BCUT2D eigenvalue weighted by molar-refractivity contribution is 0.642. The molecule has 0 aliphatic heterocycles. The summed E-state index contributed by atoms with van der Waals surface area (Å²) in [6.07, 6.45) is 1.87. The predicted molar refractivity (Wildman–Crippen MR) is 65.0 cm³/mol. The van der Waals surface area contributed by atoms with Gasteiger partial charge in [0.1, 0.15) is 5.82 Å². The molecule has 0 aliphatic carbocycles. The van der Waals surface area contributed by atoms with Crippen LogP contribution in [-0.2, 0) is 0 Å². The van der Waals surface area contributed by atoms with E-state index in [0.29, 0.717) is 4.70 Å². The molecule has 2 rings (SSSR count). The smallest absolute Gasteiger partial charge is 0.141 e. The van der Waals surface area contributed by atoms with E-state index < -0.39 is 0 Å². The Hall–Kier alpha value is -1.48. The Morgan fingerprint density at radius 2 is 2.33 bits per heavy atom. The zero-order valence-corrected chi connectivity index (χ0v) is 9.14. The number of aliphatic imine (C=N–C) groups is 1. The first kappa shape index (κ1) is 10.1. The largest absolute Gasteiger partial charge is 0.264 e. The van der Waals surface area contributed by atoms with E-state index in [1.807, 2.05) is 24.4 Å². The molecular formula is C12H10FNS. The molecule has 0 saturated carbocycles. The molecule has 2 aromatic rings. The van der Waals surface area contributed by atoms with Crippen LogP contribution >= 0.6 is 11.3 Å². The minimum absolute atomic E-state index is 0.178. The molecule has 1 aromatic heterocycles. The van der Waals surface area contributed by atoms with Crippen LogP contribution in [0.25, 0.3) is 15.8 Å². The van der Waals surface area contributed by atoms with Crippen LogP contribution in [0.15, 0.2) is 34.6 Å². The second kappa shape index (κ2) is 3.95. The van der Waals surface area contributed by atoms with Crippen molar-refractivity contribution in [1.29, 1.82) is 0 Å². The van der Waals surface area contributed by atoms with Gasteiger partial charge < -0.3 is 0 Å². The summed E-state index contributed by atoms with van der Waals surface area (Å²) in [6, 6.07) is 5.09. The van der Waals surface area contributed by atoms with Gasteiger partial charge in [0.25, 0.3) is 0 Å². The Kier molecular flexibility index (Phi) is 2.64. The SMILES string of the molecule is C=N/C(=C\C)c1csc2c(F)cccc12. The lowest BCUT2D eigenvalue weighted by atomic mass is 10.1. The van der Waals surface area contributed by atoms with Gasteiger partial charge in [-0.1, -0.05) is 18.2 Å². The van der Waals surface area contributed by atoms with Crippen LogP contribution in [0.5, 0.6) is 0 Å². The van der Waals surface area contributed by atoms with Crippen molar-refractivity contribution in [3.8, 4) is 0 Å². The summed E-state index contributed by atoms with van der Waals surface area (Å²) in [4.78, 5) is 3.92. The Morgan fingerprint density at radius 3 is 3.00 bits per heavy atom. The van der Waals surface area contributed by atoms with Gasteiger partial charge >= 0.3 is 0 Å². The number of fused-ring (bicyclic) bond motifs is 1. The average molecular weight is 219 g/mol. The first-order valence-corrected chi connectivity index (χ1v) is 5.45. The molecule has 0 radical (unpaired) electrons. The maximum absolute atomic E-state index is 13.4. The molecule has 0 aliphatic rings. The molecule has 0 atom stereocenters. The van der Waals surface area contributed by atoms with E-state index in [9.17, 15) is 4.39 Å². The molecule has 15 heavy (non-hydrogen) atoms. The highest BCUT2D eigenvalue weighted by molar-refractivity contribution is 7.17. The molecule has 1 heterocycles. The number of thiophene rings is 1. The fourth-order valence-electron chi connectivity index (χ4n) is 1.55. The van der Waals surface area contributed by atoms with E-state index >= 15 is 0 Å². The first-order valence-electron chi connectivity index (χ1n) is 4.57. The number of allylic oxidation sites excluding steroid dienone is 1.